The Hall–Kier alpha value is -3.03. The number of rotatable bonds is 5. The average Bonchev–Trinajstić information content (AvgIpc) is 2.48. The van der Waals surface area contributed by atoms with Crippen LogP contribution < -0.4 is 10.9 Å². The van der Waals surface area contributed by atoms with Crippen molar-refractivity contribution in [3.05, 3.63) is 67.9 Å². The van der Waals surface area contributed by atoms with Crippen molar-refractivity contribution in [2.45, 2.75) is 20.4 Å². The van der Waals surface area contributed by atoms with Crippen molar-refractivity contribution < 1.29 is 9.72 Å². The molecule has 1 aromatic heterocycles. The van der Waals surface area contributed by atoms with Gasteiger partial charge in [-0.1, -0.05) is 0 Å². The number of nitrogens with zero attached hydrogens (tertiary/aromatic N) is 3. The molecular formula is C15H16N4O4. The standard InChI is InChI=1S/C15H16N4O4/c1-10-7-12(3-4-13(10)19(22)23)15(21)16-5-6-18-9-17-11(2)8-14(18)20/h3-4,7-9H,5-6H2,1-2H3,(H,16,21). The van der Waals surface area contributed by atoms with Gasteiger partial charge in [-0.2, -0.15) is 0 Å². The third-order valence-electron chi connectivity index (χ3n) is 3.31. The largest absolute Gasteiger partial charge is 0.350 e. The number of amides is 1. The number of nitrogens with one attached hydrogen (secondary N) is 1. The maximum atomic E-state index is 12.0. The lowest BCUT2D eigenvalue weighted by Gasteiger charge is -2.08. The van der Waals surface area contributed by atoms with Crippen LogP contribution in [0.15, 0.2) is 35.4 Å². The molecule has 0 atom stereocenters. The number of aryl methyl sites for hydroxylation is 2. The van der Waals surface area contributed by atoms with E-state index in [1.54, 1.807) is 13.8 Å². The Bertz CT molecular complexity index is 813. The summed E-state index contributed by atoms with van der Waals surface area (Å²) in [6.07, 6.45) is 1.43. The van der Waals surface area contributed by atoms with Crippen LogP contribution in [-0.4, -0.2) is 26.9 Å². The number of benzene rings is 1. The van der Waals surface area contributed by atoms with Crippen molar-refractivity contribution in [2.75, 3.05) is 6.54 Å². The number of hydrogen-bond donors (Lipinski definition) is 1. The molecule has 23 heavy (non-hydrogen) atoms. The van der Waals surface area contributed by atoms with E-state index >= 15 is 0 Å². The highest BCUT2D eigenvalue weighted by Crippen LogP contribution is 2.18. The van der Waals surface area contributed by atoms with E-state index in [0.29, 0.717) is 23.4 Å². The Kier molecular flexibility index (Phi) is 4.85. The fourth-order valence-corrected chi connectivity index (χ4v) is 2.08. The Labute approximate surface area is 131 Å². The molecule has 0 saturated heterocycles. The maximum Gasteiger partial charge on any atom is 0.272 e. The first kappa shape index (κ1) is 16.3. The molecule has 0 fully saturated rings. The van der Waals surface area contributed by atoms with E-state index in [4.69, 9.17) is 0 Å². The molecule has 0 unspecified atom stereocenters. The van der Waals surface area contributed by atoms with Crippen molar-refractivity contribution in [3.63, 3.8) is 0 Å². The number of carbonyl (C=O) groups is 1. The molecule has 1 amide bonds. The van der Waals surface area contributed by atoms with E-state index in [-0.39, 0.29) is 23.7 Å². The van der Waals surface area contributed by atoms with Gasteiger partial charge in [0, 0.05) is 42.0 Å². The van der Waals surface area contributed by atoms with Gasteiger partial charge in [-0.25, -0.2) is 4.98 Å². The second kappa shape index (κ2) is 6.82. The molecule has 0 aliphatic heterocycles. The molecule has 0 spiro atoms. The lowest BCUT2D eigenvalue weighted by Crippen LogP contribution is -2.30. The first-order valence-corrected chi connectivity index (χ1v) is 6.95. The summed E-state index contributed by atoms with van der Waals surface area (Å²) in [5.41, 5.74) is 1.18. The smallest absolute Gasteiger partial charge is 0.272 e. The average molecular weight is 316 g/mol. The van der Waals surface area contributed by atoms with Crippen LogP contribution in [-0.2, 0) is 6.54 Å². The number of nitro groups is 1. The molecule has 8 heteroatoms. The molecular weight excluding hydrogens is 300 g/mol. The maximum absolute atomic E-state index is 12.0. The molecule has 1 aromatic carbocycles. The molecule has 2 aromatic rings. The summed E-state index contributed by atoms with van der Waals surface area (Å²) >= 11 is 0. The van der Waals surface area contributed by atoms with Crippen molar-refractivity contribution >= 4 is 11.6 Å². The minimum Gasteiger partial charge on any atom is -0.350 e. The second-order valence-electron chi connectivity index (χ2n) is 5.08. The molecule has 0 radical (unpaired) electrons. The highest BCUT2D eigenvalue weighted by atomic mass is 16.6. The SMILES string of the molecule is Cc1cc(=O)n(CCNC(=O)c2ccc([N+](=O)[O-])c(C)c2)cn1. The molecule has 1 N–H and O–H groups in total. The van der Waals surface area contributed by atoms with Crippen LogP contribution in [0.2, 0.25) is 0 Å². The number of aromatic nitrogens is 2. The molecule has 0 bridgehead atoms. The number of nitro benzene ring substituents is 1. The van der Waals surface area contributed by atoms with E-state index in [2.05, 4.69) is 10.3 Å². The lowest BCUT2D eigenvalue weighted by molar-refractivity contribution is -0.385. The summed E-state index contributed by atoms with van der Waals surface area (Å²) in [4.78, 5) is 38.0. The normalized spacial score (nSPS) is 10.3. The van der Waals surface area contributed by atoms with E-state index in [9.17, 15) is 19.7 Å². The quantitative estimate of drug-likeness (QED) is 0.659. The zero-order valence-electron chi connectivity index (χ0n) is 12.8. The van der Waals surface area contributed by atoms with Crippen LogP contribution in [0.5, 0.6) is 0 Å². The minimum absolute atomic E-state index is 0.0289. The van der Waals surface area contributed by atoms with Crippen LogP contribution in [0.25, 0.3) is 0 Å². The summed E-state index contributed by atoms with van der Waals surface area (Å²) in [5, 5.41) is 13.4. The van der Waals surface area contributed by atoms with Crippen molar-refractivity contribution in [1.82, 2.24) is 14.9 Å². The first-order chi connectivity index (χ1) is 10.9. The van der Waals surface area contributed by atoms with E-state index < -0.39 is 4.92 Å². The van der Waals surface area contributed by atoms with Crippen LogP contribution in [0, 0.1) is 24.0 Å². The summed E-state index contributed by atoms with van der Waals surface area (Å²) in [6, 6.07) is 5.59. The third-order valence-corrected chi connectivity index (χ3v) is 3.31. The van der Waals surface area contributed by atoms with Gasteiger partial charge in [-0.3, -0.25) is 24.3 Å². The molecule has 8 nitrogen and oxygen atoms in total. The Balaban J connectivity index is 1.98. The number of carbonyl (C=O) groups excluding carboxylic acids is 1. The van der Waals surface area contributed by atoms with Gasteiger partial charge in [-0.05, 0) is 26.0 Å². The van der Waals surface area contributed by atoms with E-state index in [1.165, 1.54) is 35.2 Å². The van der Waals surface area contributed by atoms with Gasteiger partial charge in [0.25, 0.3) is 17.2 Å². The third kappa shape index (κ3) is 4.00. The Morgan fingerprint density at radius 1 is 1.35 bits per heavy atom. The second-order valence-corrected chi connectivity index (χ2v) is 5.08. The van der Waals surface area contributed by atoms with Crippen molar-refractivity contribution in [2.24, 2.45) is 0 Å². The van der Waals surface area contributed by atoms with Crippen molar-refractivity contribution in [1.29, 1.82) is 0 Å². The van der Waals surface area contributed by atoms with Gasteiger partial charge in [0.05, 0.1) is 11.3 Å². The van der Waals surface area contributed by atoms with Gasteiger partial charge in [0.1, 0.15) is 0 Å². The monoisotopic (exact) mass is 316 g/mol. The van der Waals surface area contributed by atoms with Gasteiger partial charge in [0.15, 0.2) is 0 Å². The molecule has 0 aliphatic rings. The summed E-state index contributed by atoms with van der Waals surface area (Å²) in [5.74, 6) is -0.351. The van der Waals surface area contributed by atoms with Crippen molar-refractivity contribution in [3.8, 4) is 0 Å². The molecule has 0 saturated carbocycles. The van der Waals surface area contributed by atoms with Gasteiger partial charge >= 0.3 is 0 Å². The first-order valence-electron chi connectivity index (χ1n) is 6.95. The fourth-order valence-electron chi connectivity index (χ4n) is 2.08. The minimum atomic E-state index is -0.492. The predicted octanol–water partition coefficient (Wildman–Crippen LogP) is 1.20. The summed E-state index contributed by atoms with van der Waals surface area (Å²) in [6.45, 7) is 3.85. The molecule has 2 rings (SSSR count). The van der Waals surface area contributed by atoms with Gasteiger partial charge in [-0.15, -0.1) is 0 Å². The zero-order chi connectivity index (χ0) is 17.0. The van der Waals surface area contributed by atoms with E-state index in [0.717, 1.165) is 0 Å². The summed E-state index contributed by atoms with van der Waals surface area (Å²) < 4.78 is 1.40. The van der Waals surface area contributed by atoms with Crippen LogP contribution >= 0.6 is 0 Å². The Morgan fingerprint density at radius 3 is 2.70 bits per heavy atom. The predicted molar refractivity (Wildman–Crippen MR) is 83.4 cm³/mol. The van der Waals surface area contributed by atoms with E-state index in [1.807, 2.05) is 0 Å². The highest BCUT2D eigenvalue weighted by molar-refractivity contribution is 5.94. The topological polar surface area (TPSA) is 107 Å². The van der Waals surface area contributed by atoms with Gasteiger partial charge in [0.2, 0.25) is 0 Å². The molecule has 120 valence electrons. The molecule has 1 heterocycles. The zero-order valence-corrected chi connectivity index (χ0v) is 12.8. The number of hydrogen-bond acceptors (Lipinski definition) is 5. The highest BCUT2D eigenvalue weighted by Gasteiger charge is 2.13. The molecule has 0 aliphatic carbocycles. The summed E-state index contributed by atoms with van der Waals surface area (Å²) in [7, 11) is 0. The fraction of sp³-hybridized carbons (Fsp3) is 0.267. The lowest BCUT2D eigenvalue weighted by atomic mass is 10.1. The van der Waals surface area contributed by atoms with Crippen LogP contribution in [0.3, 0.4) is 0 Å². The van der Waals surface area contributed by atoms with Crippen LogP contribution in [0.1, 0.15) is 21.6 Å². The van der Waals surface area contributed by atoms with Gasteiger partial charge < -0.3 is 5.32 Å². The Morgan fingerprint density at radius 2 is 2.09 bits per heavy atom. The van der Waals surface area contributed by atoms with Crippen LogP contribution in [0.4, 0.5) is 5.69 Å².